The van der Waals surface area contributed by atoms with Crippen LogP contribution in [0.2, 0.25) is 0 Å². The number of rotatable bonds is 5. The Hall–Kier alpha value is -0.790. The molecular weight excluding hydrogens is 437 g/mol. The Bertz CT molecular complexity index is 570. The maximum absolute atomic E-state index is 4.53. The molecule has 26 heavy (non-hydrogen) atoms. The Labute approximate surface area is 176 Å². The predicted molar refractivity (Wildman–Crippen MR) is 119 cm³/mol. The number of likely N-dealkylation sites (tertiary alicyclic amines) is 1. The van der Waals surface area contributed by atoms with Gasteiger partial charge in [-0.1, -0.05) is 26.2 Å². The number of hydrogen-bond donors (Lipinski definition) is 1. The molecule has 1 aliphatic carbocycles. The summed E-state index contributed by atoms with van der Waals surface area (Å²) in [6, 6.07) is 0. The van der Waals surface area contributed by atoms with Crippen molar-refractivity contribution >= 4 is 29.9 Å². The van der Waals surface area contributed by atoms with Crippen molar-refractivity contribution in [1.82, 2.24) is 20.0 Å². The second-order valence-corrected chi connectivity index (χ2v) is 8.23. The van der Waals surface area contributed by atoms with Crippen LogP contribution in [0.15, 0.2) is 17.4 Å². The van der Waals surface area contributed by atoms with E-state index in [1.807, 2.05) is 25.0 Å². The van der Waals surface area contributed by atoms with Gasteiger partial charge < -0.3 is 10.2 Å². The van der Waals surface area contributed by atoms with Crippen molar-refractivity contribution in [3.8, 4) is 0 Å². The van der Waals surface area contributed by atoms with Gasteiger partial charge in [0, 0.05) is 39.9 Å². The van der Waals surface area contributed by atoms with Gasteiger partial charge in [-0.2, -0.15) is 5.10 Å². The van der Waals surface area contributed by atoms with Crippen molar-refractivity contribution in [3.05, 3.63) is 18.0 Å². The lowest BCUT2D eigenvalue weighted by molar-refractivity contribution is 0.269. The normalized spacial score (nSPS) is 26.7. The van der Waals surface area contributed by atoms with E-state index >= 15 is 0 Å². The molecule has 1 N–H and O–H groups in total. The molecule has 1 aromatic rings. The quantitative estimate of drug-likeness (QED) is 0.403. The zero-order valence-corrected chi connectivity index (χ0v) is 19.0. The van der Waals surface area contributed by atoms with Gasteiger partial charge in [-0.05, 0) is 49.0 Å². The van der Waals surface area contributed by atoms with Crippen molar-refractivity contribution in [2.24, 2.45) is 29.8 Å². The van der Waals surface area contributed by atoms with Gasteiger partial charge in [-0.25, -0.2) is 0 Å². The number of guanidine groups is 1. The SMILES string of the molecule is CN=C(NCCC1CCCC(C)C1)N1CCC(Cc2cnn(C)c2)C1.I. The van der Waals surface area contributed by atoms with Gasteiger partial charge in [-0.15, -0.1) is 24.0 Å². The highest BCUT2D eigenvalue weighted by molar-refractivity contribution is 14.0. The summed E-state index contributed by atoms with van der Waals surface area (Å²) in [7, 11) is 3.91. The Kier molecular flexibility index (Phi) is 8.70. The fraction of sp³-hybridized carbons (Fsp3) is 0.800. The zero-order chi connectivity index (χ0) is 17.6. The molecule has 0 radical (unpaired) electrons. The van der Waals surface area contributed by atoms with Crippen LogP contribution in [0.5, 0.6) is 0 Å². The van der Waals surface area contributed by atoms with E-state index in [9.17, 15) is 0 Å². The zero-order valence-electron chi connectivity index (χ0n) is 16.7. The van der Waals surface area contributed by atoms with Gasteiger partial charge in [0.05, 0.1) is 6.20 Å². The van der Waals surface area contributed by atoms with Crippen LogP contribution in [0.25, 0.3) is 0 Å². The molecule has 0 aromatic carbocycles. The largest absolute Gasteiger partial charge is 0.356 e. The van der Waals surface area contributed by atoms with E-state index in [4.69, 9.17) is 0 Å². The summed E-state index contributed by atoms with van der Waals surface area (Å²) in [4.78, 5) is 6.96. The third-order valence-electron chi connectivity index (χ3n) is 5.96. The molecule has 148 valence electrons. The van der Waals surface area contributed by atoms with E-state index in [1.165, 1.54) is 44.1 Å². The molecule has 5 nitrogen and oxygen atoms in total. The lowest BCUT2D eigenvalue weighted by atomic mass is 9.81. The minimum Gasteiger partial charge on any atom is -0.356 e. The predicted octanol–water partition coefficient (Wildman–Crippen LogP) is 3.69. The first kappa shape index (κ1) is 21.5. The average Bonchev–Trinajstić information content (AvgIpc) is 3.21. The highest BCUT2D eigenvalue weighted by Gasteiger charge is 2.25. The number of aryl methyl sites for hydroxylation is 1. The lowest BCUT2D eigenvalue weighted by Crippen LogP contribution is -2.41. The van der Waals surface area contributed by atoms with E-state index in [0.29, 0.717) is 5.92 Å². The van der Waals surface area contributed by atoms with Gasteiger partial charge >= 0.3 is 0 Å². The third kappa shape index (κ3) is 6.13. The van der Waals surface area contributed by atoms with Crippen LogP contribution in [0.3, 0.4) is 0 Å². The van der Waals surface area contributed by atoms with E-state index in [-0.39, 0.29) is 24.0 Å². The molecule has 1 saturated carbocycles. The molecule has 3 atom stereocenters. The molecule has 0 bridgehead atoms. The van der Waals surface area contributed by atoms with Crippen molar-refractivity contribution in [2.75, 3.05) is 26.7 Å². The Morgan fingerprint density at radius 1 is 1.31 bits per heavy atom. The summed E-state index contributed by atoms with van der Waals surface area (Å²) in [5.41, 5.74) is 1.35. The van der Waals surface area contributed by atoms with Gasteiger partial charge in [0.2, 0.25) is 0 Å². The molecule has 0 amide bonds. The Morgan fingerprint density at radius 2 is 2.15 bits per heavy atom. The minimum atomic E-state index is 0. The molecule has 3 rings (SSSR count). The second-order valence-electron chi connectivity index (χ2n) is 8.23. The van der Waals surface area contributed by atoms with Crippen LogP contribution < -0.4 is 5.32 Å². The van der Waals surface area contributed by atoms with Crippen molar-refractivity contribution in [3.63, 3.8) is 0 Å². The molecule has 1 aliphatic heterocycles. The summed E-state index contributed by atoms with van der Waals surface area (Å²) in [6.45, 7) is 5.69. The molecular formula is C20H36IN5. The van der Waals surface area contributed by atoms with Crippen LogP contribution >= 0.6 is 24.0 Å². The third-order valence-corrected chi connectivity index (χ3v) is 5.96. The highest BCUT2D eigenvalue weighted by Crippen LogP contribution is 2.30. The molecule has 0 spiro atoms. The van der Waals surface area contributed by atoms with Gasteiger partial charge in [0.15, 0.2) is 5.96 Å². The number of aliphatic imine (C=N–C) groups is 1. The van der Waals surface area contributed by atoms with Crippen LogP contribution in [-0.2, 0) is 13.5 Å². The second kappa shape index (κ2) is 10.5. The van der Waals surface area contributed by atoms with Crippen LogP contribution in [0.1, 0.15) is 51.0 Å². The number of aromatic nitrogens is 2. The lowest BCUT2D eigenvalue weighted by Gasteiger charge is -2.27. The van der Waals surface area contributed by atoms with E-state index in [0.717, 1.165) is 43.9 Å². The van der Waals surface area contributed by atoms with E-state index < -0.39 is 0 Å². The smallest absolute Gasteiger partial charge is 0.193 e. The number of nitrogens with zero attached hydrogens (tertiary/aromatic N) is 4. The number of hydrogen-bond acceptors (Lipinski definition) is 2. The topological polar surface area (TPSA) is 45.5 Å². The maximum Gasteiger partial charge on any atom is 0.193 e. The Balaban J connectivity index is 0.00000243. The van der Waals surface area contributed by atoms with E-state index in [2.05, 4.69) is 33.4 Å². The Morgan fingerprint density at radius 3 is 2.85 bits per heavy atom. The van der Waals surface area contributed by atoms with Crippen LogP contribution in [0, 0.1) is 17.8 Å². The monoisotopic (exact) mass is 473 g/mol. The molecule has 6 heteroatoms. The maximum atomic E-state index is 4.53. The summed E-state index contributed by atoms with van der Waals surface area (Å²) >= 11 is 0. The van der Waals surface area contributed by atoms with Crippen molar-refractivity contribution in [1.29, 1.82) is 0 Å². The fourth-order valence-corrected chi connectivity index (χ4v) is 4.64. The molecule has 2 heterocycles. The average molecular weight is 473 g/mol. The summed E-state index contributed by atoms with van der Waals surface area (Å²) in [5, 5.41) is 7.91. The first-order valence-corrected chi connectivity index (χ1v) is 10.1. The molecule has 1 saturated heterocycles. The first-order valence-electron chi connectivity index (χ1n) is 10.1. The fourth-order valence-electron chi connectivity index (χ4n) is 4.64. The van der Waals surface area contributed by atoms with Crippen LogP contribution in [-0.4, -0.2) is 47.3 Å². The summed E-state index contributed by atoms with van der Waals surface area (Å²) < 4.78 is 1.90. The molecule has 2 aliphatic rings. The minimum absolute atomic E-state index is 0. The van der Waals surface area contributed by atoms with Crippen LogP contribution in [0.4, 0.5) is 0 Å². The highest BCUT2D eigenvalue weighted by atomic mass is 127. The number of nitrogens with one attached hydrogen (secondary N) is 1. The van der Waals surface area contributed by atoms with Gasteiger partial charge in [0.25, 0.3) is 0 Å². The number of halogens is 1. The standard InChI is InChI=1S/C20H35N5.HI/c1-16-5-4-6-17(11-16)7-9-22-20(21-2)25-10-8-18(15-25)12-19-13-23-24(3)14-19;/h13-14,16-18H,4-12,15H2,1-3H3,(H,21,22);1H. The van der Waals surface area contributed by atoms with Crippen molar-refractivity contribution in [2.45, 2.75) is 51.9 Å². The van der Waals surface area contributed by atoms with Gasteiger partial charge in [0.1, 0.15) is 0 Å². The first-order chi connectivity index (χ1) is 12.1. The van der Waals surface area contributed by atoms with Gasteiger partial charge in [-0.3, -0.25) is 9.67 Å². The molecule has 1 aromatic heterocycles. The van der Waals surface area contributed by atoms with Crippen molar-refractivity contribution < 1.29 is 0 Å². The molecule has 3 unspecified atom stereocenters. The summed E-state index contributed by atoms with van der Waals surface area (Å²) in [5.74, 6) is 3.63. The molecule has 2 fully saturated rings. The summed E-state index contributed by atoms with van der Waals surface area (Å²) in [6.07, 6.45) is 13.5. The van der Waals surface area contributed by atoms with E-state index in [1.54, 1.807) is 0 Å².